The number of carbonyl (C=O) groups excluding carboxylic acids is 3. The minimum Gasteiger partial charge on any atom is -0.330 e. The van der Waals surface area contributed by atoms with E-state index in [9.17, 15) is 14.4 Å². The van der Waals surface area contributed by atoms with E-state index in [1.807, 2.05) is 12.1 Å². The molecule has 0 saturated carbocycles. The number of fused-ring (bicyclic) bond motifs is 1. The highest BCUT2D eigenvalue weighted by atomic mass is 16.2. The molecule has 0 spiro atoms. The van der Waals surface area contributed by atoms with E-state index in [4.69, 9.17) is 5.73 Å². The Bertz CT molecular complexity index is 839. The number of benzene rings is 1. The van der Waals surface area contributed by atoms with Gasteiger partial charge in [-0.05, 0) is 55.3 Å². The zero-order chi connectivity index (χ0) is 20.7. The molecule has 1 aromatic carbocycles. The summed E-state index contributed by atoms with van der Waals surface area (Å²) in [5.41, 5.74) is 8.82. The van der Waals surface area contributed by atoms with Gasteiger partial charge in [0.25, 0.3) is 5.91 Å². The Balaban J connectivity index is 1.54. The molecule has 4 unspecified atom stereocenters. The standard InChI is InChI=1S/C22H30N4O3/c1-13-8-14(2)25(11-16(13)9-23)10-15-4-3-5-17-18(15)12-26(22(17)29)19-6-7-20(27)24-21(19)28/h3-5,13-14,16,19H,6-12,23H2,1-2H3,(H,24,27,28). The topological polar surface area (TPSA) is 95.7 Å². The summed E-state index contributed by atoms with van der Waals surface area (Å²) in [6, 6.07) is 5.75. The first-order valence-corrected chi connectivity index (χ1v) is 10.6. The van der Waals surface area contributed by atoms with E-state index in [2.05, 4.69) is 30.1 Å². The van der Waals surface area contributed by atoms with Gasteiger partial charge < -0.3 is 10.6 Å². The van der Waals surface area contributed by atoms with Crippen molar-refractivity contribution < 1.29 is 14.4 Å². The number of nitrogens with zero attached hydrogens (tertiary/aromatic N) is 2. The molecule has 2 saturated heterocycles. The van der Waals surface area contributed by atoms with E-state index < -0.39 is 6.04 Å². The molecule has 0 aliphatic carbocycles. The molecule has 3 amide bonds. The number of likely N-dealkylation sites (tertiary alicyclic amines) is 1. The van der Waals surface area contributed by atoms with E-state index >= 15 is 0 Å². The van der Waals surface area contributed by atoms with Gasteiger partial charge in [-0.25, -0.2) is 0 Å². The molecule has 3 aliphatic heterocycles. The molecule has 7 heteroatoms. The average Bonchev–Trinajstić information content (AvgIpc) is 3.01. The van der Waals surface area contributed by atoms with Gasteiger partial charge in [0.05, 0.1) is 0 Å². The van der Waals surface area contributed by atoms with Crippen LogP contribution in [0.1, 0.15) is 54.6 Å². The van der Waals surface area contributed by atoms with E-state index in [1.54, 1.807) is 4.90 Å². The number of hydrogen-bond acceptors (Lipinski definition) is 5. The second-order valence-electron chi connectivity index (χ2n) is 8.83. The maximum absolute atomic E-state index is 13.0. The molecule has 7 nitrogen and oxygen atoms in total. The van der Waals surface area contributed by atoms with E-state index in [0.717, 1.165) is 30.6 Å². The molecule has 3 aliphatic rings. The van der Waals surface area contributed by atoms with Gasteiger partial charge >= 0.3 is 0 Å². The first-order valence-electron chi connectivity index (χ1n) is 10.6. The maximum atomic E-state index is 13.0. The third kappa shape index (κ3) is 3.69. The molecule has 2 fully saturated rings. The summed E-state index contributed by atoms with van der Waals surface area (Å²) >= 11 is 0. The summed E-state index contributed by atoms with van der Waals surface area (Å²) in [7, 11) is 0. The number of nitrogens with two attached hydrogens (primary N) is 1. The van der Waals surface area contributed by atoms with Gasteiger partial charge in [0.15, 0.2) is 0 Å². The Morgan fingerprint density at radius 3 is 2.72 bits per heavy atom. The Kier molecular flexibility index (Phi) is 5.44. The number of piperidine rings is 2. The van der Waals surface area contributed by atoms with Crippen LogP contribution in [0, 0.1) is 11.8 Å². The van der Waals surface area contributed by atoms with Crippen LogP contribution in [0.15, 0.2) is 18.2 Å². The van der Waals surface area contributed by atoms with Gasteiger partial charge in [-0.3, -0.25) is 24.6 Å². The molecule has 4 atom stereocenters. The Morgan fingerprint density at radius 2 is 2.00 bits per heavy atom. The van der Waals surface area contributed by atoms with Gasteiger partial charge in [0.2, 0.25) is 11.8 Å². The number of rotatable bonds is 4. The zero-order valence-corrected chi connectivity index (χ0v) is 17.2. The molecular weight excluding hydrogens is 368 g/mol. The number of amides is 3. The van der Waals surface area contributed by atoms with Gasteiger partial charge in [0.1, 0.15) is 6.04 Å². The van der Waals surface area contributed by atoms with Crippen molar-refractivity contribution in [2.24, 2.45) is 17.6 Å². The van der Waals surface area contributed by atoms with Gasteiger partial charge in [-0.2, -0.15) is 0 Å². The largest absolute Gasteiger partial charge is 0.330 e. The second kappa shape index (κ2) is 7.88. The van der Waals surface area contributed by atoms with Crippen LogP contribution >= 0.6 is 0 Å². The summed E-state index contributed by atoms with van der Waals surface area (Å²) < 4.78 is 0. The molecule has 0 radical (unpaired) electrons. The lowest BCUT2D eigenvalue weighted by Gasteiger charge is -2.41. The molecule has 0 aromatic heterocycles. The summed E-state index contributed by atoms with van der Waals surface area (Å²) in [5, 5.41) is 2.36. The normalized spacial score (nSPS) is 30.4. The smallest absolute Gasteiger partial charge is 0.255 e. The lowest BCUT2D eigenvalue weighted by atomic mass is 9.83. The van der Waals surface area contributed by atoms with Crippen LogP contribution < -0.4 is 11.1 Å². The second-order valence-corrected chi connectivity index (χ2v) is 8.83. The van der Waals surface area contributed by atoms with Crippen molar-refractivity contribution in [1.29, 1.82) is 0 Å². The molecule has 3 N–H and O–H groups in total. The first-order chi connectivity index (χ1) is 13.9. The summed E-state index contributed by atoms with van der Waals surface area (Å²) in [4.78, 5) is 40.8. The predicted octanol–water partition coefficient (Wildman–Crippen LogP) is 1.25. The summed E-state index contributed by atoms with van der Waals surface area (Å²) in [6.07, 6.45) is 1.78. The van der Waals surface area contributed by atoms with Gasteiger partial charge in [0, 0.05) is 37.7 Å². The van der Waals surface area contributed by atoms with Crippen LogP contribution in [0.4, 0.5) is 0 Å². The van der Waals surface area contributed by atoms with Crippen molar-refractivity contribution in [2.75, 3.05) is 13.1 Å². The monoisotopic (exact) mass is 398 g/mol. The zero-order valence-electron chi connectivity index (χ0n) is 17.2. The molecule has 3 heterocycles. The number of carbonyl (C=O) groups is 3. The Morgan fingerprint density at radius 1 is 1.21 bits per heavy atom. The third-order valence-corrected chi connectivity index (χ3v) is 6.97. The fourth-order valence-corrected chi connectivity index (χ4v) is 5.08. The maximum Gasteiger partial charge on any atom is 0.255 e. The van der Waals surface area contributed by atoms with E-state index in [1.165, 1.54) is 0 Å². The Labute approximate surface area is 171 Å². The van der Waals surface area contributed by atoms with Crippen molar-refractivity contribution in [2.45, 2.75) is 58.3 Å². The van der Waals surface area contributed by atoms with E-state index in [-0.39, 0.29) is 24.1 Å². The van der Waals surface area contributed by atoms with Crippen LogP contribution in [-0.4, -0.2) is 52.7 Å². The molecule has 156 valence electrons. The van der Waals surface area contributed by atoms with E-state index in [0.29, 0.717) is 43.0 Å². The summed E-state index contributed by atoms with van der Waals surface area (Å²) in [6.45, 7) is 7.40. The highest BCUT2D eigenvalue weighted by Crippen LogP contribution is 2.33. The third-order valence-electron chi connectivity index (χ3n) is 6.97. The SMILES string of the molecule is CC1CC(C)N(Cc2cccc3c2CN(C2CCC(=O)NC2=O)C3=O)CC1CN. The highest BCUT2D eigenvalue weighted by molar-refractivity contribution is 6.05. The lowest BCUT2D eigenvalue weighted by Crippen LogP contribution is -2.52. The lowest BCUT2D eigenvalue weighted by molar-refractivity contribution is -0.136. The van der Waals surface area contributed by atoms with Crippen molar-refractivity contribution in [3.63, 3.8) is 0 Å². The molecule has 0 bridgehead atoms. The predicted molar refractivity (Wildman–Crippen MR) is 109 cm³/mol. The number of imide groups is 1. The van der Waals surface area contributed by atoms with Crippen LogP contribution in [0.25, 0.3) is 0 Å². The first kappa shape index (κ1) is 20.0. The quantitative estimate of drug-likeness (QED) is 0.745. The fourth-order valence-electron chi connectivity index (χ4n) is 5.08. The van der Waals surface area contributed by atoms with Crippen molar-refractivity contribution in [3.05, 3.63) is 34.9 Å². The van der Waals surface area contributed by atoms with Crippen LogP contribution in [0.2, 0.25) is 0 Å². The van der Waals surface area contributed by atoms with Crippen LogP contribution in [0.5, 0.6) is 0 Å². The summed E-state index contributed by atoms with van der Waals surface area (Å²) in [5.74, 6) is 0.366. The minimum atomic E-state index is -0.572. The van der Waals surface area contributed by atoms with Crippen LogP contribution in [-0.2, 0) is 22.7 Å². The van der Waals surface area contributed by atoms with Crippen molar-refractivity contribution >= 4 is 17.7 Å². The Hall–Kier alpha value is -2.25. The number of hydrogen-bond donors (Lipinski definition) is 2. The van der Waals surface area contributed by atoms with Crippen molar-refractivity contribution in [3.8, 4) is 0 Å². The molecule has 29 heavy (non-hydrogen) atoms. The molecular formula is C22H30N4O3. The minimum absolute atomic E-state index is 0.114. The highest BCUT2D eigenvalue weighted by Gasteiger charge is 2.40. The number of nitrogens with one attached hydrogen (secondary N) is 1. The molecule has 1 aromatic rings. The average molecular weight is 399 g/mol. The van der Waals surface area contributed by atoms with Gasteiger partial charge in [-0.1, -0.05) is 19.1 Å². The molecule has 4 rings (SSSR count). The van der Waals surface area contributed by atoms with Gasteiger partial charge in [-0.15, -0.1) is 0 Å². The van der Waals surface area contributed by atoms with Crippen LogP contribution in [0.3, 0.4) is 0 Å². The van der Waals surface area contributed by atoms with Crippen molar-refractivity contribution in [1.82, 2.24) is 15.1 Å². The fraction of sp³-hybridized carbons (Fsp3) is 0.591.